The van der Waals surface area contributed by atoms with Crippen LogP contribution in [0.2, 0.25) is 0 Å². The second-order valence-corrected chi connectivity index (χ2v) is 6.94. The Kier molecular flexibility index (Phi) is 4.26. The van der Waals surface area contributed by atoms with Gasteiger partial charge in [0.2, 0.25) is 5.91 Å². The van der Waals surface area contributed by atoms with Crippen molar-refractivity contribution in [2.24, 2.45) is 7.05 Å². The first-order valence-corrected chi connectivity index (χ1v) is 8.48. The summed E-state index contributed by atoms with van der Waals surface area (Å²) in [6.07, 6.45) is 5.30. The second-order valence-electron chi connectivity index (χ2n) is 6.94. The van der Waals surface area contributed by atoms with Gasteiger partial charge in [-0.2, -0.15) is 5.10 Å². The number of aryl methyl sites for hydroxylation is 2. The fourth-order valence-electron chi connectivity index (χ4n) is 4.25. The predicted molar refractivity (Wildman–Crippen MR) is 86.8 cm³/mol. The van der Waals surface area contributed by atoms with Gasteiger partial charge in [-0.25, -0.2) is 0 Å². The van der Waals surface area contributed by atoms with E-state index in [0.717, 1.165) is 36.3 Å². The summed E-state index contributed by atoms with van der Waals surface area (Å²) in [4.78, 5) is 17.5. The molecule has 2 saturated heterocycles. The quantitative estimate of drug-likeness (QED) is 0.853. The smallest absolute Gasteiger partial charge is 0.227 e. The zero-order valence-corrected chi connectivity index (χ0v) is 14.3. The van der Waals surface area contributed by atoms with Crippen LogP contribution in [-0.4, -0.2) is 57.7 Å². The Morgan fingerprint density at radius 2 is 1.82 bits per heavy atom. The first kappa shape index (κ1) is 15.5. The number of amides is 1. The minimum atomic E-state index is 0.280. The number of nitrogens with zero attached hydrogens (tertiary/aromatic N) is 4. The summed E-state index contributed by atoms with van der Waals surface area (Å²) in [5, 5.41) is 4.44. The van der Waals surface area contributed by atoms with Crippen molar-refractivity contribution in [3.05, 3.63) is 17.0 Å². The Labute approximate surface area is 133 Å². The molecule has 0 N–H and O–H groups in total. The molecule has 0 radical (unpaired) electrons. The molecule has 1 aromatic heterocycles. The average Bonchev–Trinajstić information content (AvgIpc) is 3.15. The van der Waals surface area contributed by atoms with Crippen LogP contribution in [0.25, 0.3) is 0 Å². The van der Waals surface area contributed by atoms with Crippen molar-refractivity contribution in [1.29, 1.82) is 0 Å². The number of aromatic nitrogens is 2. The lowest BCUT2D eigenvalue weighted by molar-refractivity contribution is -0.132. The third-order valence-corrected chi connectivity index (χ3v) is 5.63. The Bertz CT molecular complexity index is 565. The Balaban J connectivity index is 1.73. The highest BCUT2D eigenvalue weighted by Gasteiger charge is 2.38. The fourth-order valence-corrected chi connectivity index (χ4v) is 4.25. The molecular weight excluding hydrogens is 276 g/mol. The standard InChI is InChI=1S/C17H28N4O/c1-12-14(13(2)20(4)18-12)11-17(22)21-10-6-8-16(21)15-7-5-9-19(15)3/h15-16H,5-11H2,1-4H3. The lowest BCUT2D eigenvalue weighted by Crippen LogP contribution is -2.47. The maximum absolute atomic E-state index is 12.9. The van der Waals surface area contributed by atoms with Crippen molar-refractivity contribution in [3.63, 3.8) is 0 Å². The molecule has 0 bridgehead atoms. The molecule has 2 fully saturated rings. The third kappa shape index (κ3) is 2.67. The third-order valence-electron chi connectivity index (χ3n) is 5.63. The van der Waals surface area contributed by atoms with Crippen molar-refractivity contribution in [3.8, 4) is 0 Å². The summed E-state index contributed by atoms with van der Waals surface area (Å²) in [5.41, 5.74) is 3.21. The number of likely N-dealkylation sites (tertiary alicyclic amines) is 2. The fraction of sp³-hybridized carbons (Fsp3) is 0.765. The van der Waals surface area contributed by atoms with Gasteiger partial charge in [-0.3, -0.25) is 9.48 Å². The van der Waals surface area contributed by atoms with Gasteiger partial charge in [-0.05, 0) is 53.1 Å². The van der Waals surface area contributed by atoms with Gasteiger partial charge in [-0.1, -0.05) is 0 Å². The summed E-state index contributed by atoms with van der Waals surface area (Å²) >= 11 is 0. The van der Waals surface area contributed by atoms with Gasteiger partial charge in [0, 0.05) is 36.9 Å². The van der Waals surface area contributed by atoms with E-state index in [2.05, 4.69) is 28.9 Å². The van der Waals surface area contributed by atoms with Crippen LogP contribution >= 0.6 is 0 Å². The highest BCUT2D eigenvalue weighted by Crippen LogP contribution is 2.29. The van der Waals surface area contributed by atoms with E-state index in [1.54, 1.807) is 0 Å². The molecule has 2 unspecified atom stereocenters. The van der Waals surface area contributed by atoms with Gasteiger partial charge in [0.05, 0.1) is 12.1 Å². The number of hydrogen-bond acceptors (Lipinski definition) is 3. The molecule has 5 nitrogen and oxygen atoms in total. The van der Waals surface area contributed by atoms with Gasteiger partial charge in [0.1, 0.15) is 0 Å². The van der Waals surface area contributed by atoms with E-state index in [1.807, 2.05) is 18.7 Å². The van der Waals surface area contributed by atoms with Crippen LogP contribution < -0.4 is 0 Å². The number of likely N-dealkylation sites (N-methyl/N-ethyl adjacent to an activating group) is 1. The molecule has 0 saturated carbocycles. The largest absolute Gasteiger partial charge is 0.338 e. The summed E-state index contributed by atoms with van der Waals surface area (Å²) in [6.45, 7) is 6.15. The highest BCUT2D eigenvalue weighted by molar-refractivity contribution is 5.80. The normalized spacial score (nSPS) is 26.1. The maximum Gasteiger partial charge on any atom is 0.227 e. The molecule has 0 aromatic carbocycles. The average molecular weight is 304 g/mol. The number of rotatable bonds is 3. The number of hydrogen-bond donors (Lipinski definition) is 0. The van der Waals surface area contributed by atoms with E-state index < -0.39 is 0 Å². The Morgan fingerprint density at radius 1 is 1.14 bits per heavy atom. The van der Waals surface area contributed by atoms with Crippen LogP contribution in [0.15, 0.2) is 0 Å². The van der Waals surface area contributed by atoms with Crippen LogP contribution in [-0.2, 0) is 18.3 Å². The minimum absolute atomic E-state index is 0.280. The van der Waals surface area contributed by atoms with Gasteiger partial charge < -0.3 is 9.80 Å². The molecule has 122 valence electrons. The Morgan fingerprint density at radius 3 is 2.41 bits per heavy atom. The molecule has 3 rings (SSSR count). The zero-order valence-electron chi connectivity index (χ0n) is 14.3. The van der Waals surface area contributed by atoms with Gasteiger partial charge in [-0.15, -0.1) is 0 Å². The van der Waals surface area contributed by atoms with Crippen LogP contribution in [0.5, 0.6) is 0 Å². The van der Waals surface area contributed by atoms with E-state index in [4.69, 9.17) is 0 Å². The molecule has 2 aliphatic rings. The van der Waals surface area contributed by atoms with Crippen molar-refractivity contribution in [2.45, 2.75) is 58.0 Å². The zero-order chi connectivity index (χ0) is 15.9. The van der Waals surface area contributed by atoms with Gasteiger partial charge >= 0.3 is 0 Å². The van der Waals surface area contributed by atoms with Crippen molar-refractivity contribution in [2.75, 3.05) is 20.1 Å². The van der Waals surface area contributed by atoms with Crippen LogP contribution in [0.3, 0.4) is 0 Å². The molecule has 2 atom stereocenters. The SMILES string of the molecule is Cc1nn(C)c(C)c1CC(=O)N1CCCC1C1CCCN1C. The number of carbonyl (C=O) groups is 1. The predicted octanol–water partition coefficient (Wildman–Crippen LogP) is 1.66. The van der Waals surface area contributed by atoms with E-state index in [9.17, 15) is 4.79 Å². The highest BCUT2D eigenvalue weighted by atomic mass is 16.2. The summed E-state index contributed by atoms with van der Waals surface area (Å²) in [7, 11) is 4.15. The Hall–Kier alpha value is -1.36. The lowest BCUT2D eigenvalue weighted by atomic mass is 10.0. The van der Waals surface area contributed by atoms with E-state index in [1.165, 1.54) is 19.4 Å². The monoisotopic (exact) mass is 304 g/mol. The molecule has 0 spiro atoms. The second kappa shape index (κ2) is 6.03. The molecule has 2 aliphatic heterocycles. The van der Waals surface area contributed by atoms with Crippen LogP contribution in [0, 0.1) is 13.8 Å². The van der Waals surface area contributed by atoms with Gasteiger partial charge in [0.25, 0.3) is 0 Å². The van der Waals surface area contributed by atoms with Crippen molar-refractivity contribution < 1.29 is 4.79 Å². The molecule has 22 heavy (non-hydrogen) atoms. The van der Waals surface area contributed by atoms with Gasteiger partial charge in [0.15, 0.2) is 0 Å². The molecule has 1 aromatic rings. The van der Waals surface area contributed by atoms with E-state index in [0.29, 0.717) is 18.5 Å². The molecule has 0 aliphatic carbocycles. The lowest BCUT2D eigenvalue weighted by Gasteiger charge is -2.33. The van der Waals surface area contributed by atoms with Crippen LogP contribution in [0.4, 0.5) is 0 Å². The summed E-state index contributed by atoms with van der Waals surface area (Å²) in [6, 6.07) is 0.972. The molecule has 1 amide bonds. The molecule has 5 heteroatoms. The van der Waals surface area contributed by atoms with E-state index in [-0.39, 0.29) is 5.91 Å². The van der Waals surface area contributed by atoms with E-state index >= 15 is 0 Å². The first-order valence-electron chi connectivity index (χ1n) is 8.48. The van der Waals surface area contributed by atoms with Crippen molar-refractivity contribution in [1.82, 2.24) is 19.6 Å². The molecule has 3 heterocycles. The summed E-state index contributed by atoms with van der Waals surface area (Å²) < 4.78 is 1.88. The molecular formula is C17H28N4O. The number of carbonyl (C=O) groups excluding carboxylic acids is 1. The van der Waals surface area contributed by atoms with Crippen molar-refractivity contribution >= 4 is 5.91 Å². The maximum atomic E-state index is 12.9. The van der Waals surface area contributed by atoms with Crippen LogP contribution in [0.1, 0.15) is 42.6 Å². The summed E-state index contributed by atoms with van der Waals surface area (Å²) in [5.74, 6) is 0.280. The minimum Gasteiger partial charge on any atom is -0.338 e. The topological polar surface area (TPSA) is 41.4 Å². The first-order chi connectivity index (χ1) is 10.5.